The summed E-state index contributed by atoms with van der Waals surface area (Å²) < 4.78 is 0. The zero-order valence-corrected chi connectivity index (χ0v) is 8.29. The number of hydrogen-bond acceptors (Lipinski definition) is 2. The highest BCUT2D eigenvalue weighted by Crippen LogP contribution is 2.33. The van der Waals surface area contributed by atoms with Crippen LogP contribution in [0.3, 0.4) is 0 Å². The fraction of sp³-hybridized carbons (Fsp3) is 0.818. The van der Waals surface area contributed by atoms with Gasteiger partial charge in [-0.2, -0.15) is 0 Å². The minimum absolute atomic E-state index is 0.671. The first-order chi connectivity index (χ1) is 6.31. The topological polar surface area (TPSA) is 15.3 Å². The van der Waals surface area contributed by atoms with Gasteiger partial charge in [-0.05, 0) is 32.7 Å². The van der Waals surface area contributed by atoms with Crippen molar-refractivity contribution in [2.45, 2.75) is 43.8 Å². The Hall–Kier alpha value is -0.520. The molecule has 2 saturated heterocycles. The number of nitrogens with one attached hydrogen (secondary N) is 1. The van der Waals surface area contributed by atoms with E-state index in [1.54, 1.807) is 0 Å². The van der Waals surface area contributed by atoms with Crippen LogP contribution in [-0.2, 0) is 0 Å². The fourth-order valence-electron chi connectivity index (χ4n) is 2.78. The molecule has 2 rings (SSSR count). The molecule has 0 spiro atoms. The third kappa shape index (κ3) is 1.72. The van der Waals surface area contributed by atoms with Crippen LogP contribution in [-0.4, -0.2) is 36.6 Å². The summed E-state index contributed by atoms with van der Waals surface area (Å²) >= 11 is 0. The SMILES string of the molecule is C#CCNC1CC2CCC(C1)N2C. The van der Waals surface area contributed by atoms with Gasteiger partial charge in [0.25, 0.3) is 0 Å². The van der Waals surface area contributed by atoms with Crippen molar-refractivity contribution in [3.05, 3.63) is 0 Å². The Balaban J connectivity index is 1.88. The highest BCUT2D eigenvalue weighted by molar-refractivity contribution is 4.97. The number of terminal acetylenes is 1. The molecule has 0 aliphatic carbocycles. The van der Waals surface area contributed by atoms with Crippen LogP contribution in [0.2, 0.25) is 0 Å². The Morgan fingerprint density at radius 1 is 1.38 bits per heavy atom. The maximum atomic E-state index is 5.23. The van der Waals surface area contributed by atoms with Crippen molar-refractivity contribution in [2.75, 3.05) is 13.6 Å². The molecule has 2 unspecified atom stereocenters. The molecule has 2 aliphatic heterocycles. The van der Waals surface area contributed by atoms with Gasteiger partial charge in [-0.15, -0.1) is 6.42 Å². The Kier molecular flexibility index (Phi) is 2.57. The van der Waals surface area contributed by atoms with Crippen molar-refractivity contribution in [1.29, 1.82) is 0 Å². The zero-order valence-electron chi connectivity index (χ0n) is 8.29. The van der Waals surface area contributed by atoms with Gasteiger partial charge in [0, 0.05) is 18.1 Å². The first-order valence-electron chi connectivity index (χ1n) is 5.20. The lowest BCUT2D eigenvalue weighted by Crippen LogP contribution is -2.47. The van der Waals surface area contributed by atoms with Crippen LogP contribution in [0, 0.1) is 12.3 Å². The lowest BCUT2D eigenvalue weighted by Gasteiger charge is -2.36. The summed E-state index contributed by atoms with van der Waals surface area (Å²) in [6.45, 7) is 0.730. The summed E-state index contributed by atoms with van der Waals surface area (Å²) in [6, 6.07) is 2.30. The fourth-order valence-corrected chi connectivity index (χ4v) is 2.78. The molecule has 2 heteroatoms. The van der Waals surface area contributed by atoms with E-state index in [2.05, 4.69) is 23.2 Å². The molecule has 0 aromatic rings. The van der Waals surface area contributed by atoms with Gasteiger partial charge in [0.2, 0.25) is 0 Å². The van der Waals surface area contributed by atoms with Gasteiger partial charge >= 0.3 is 0 Å². The van der Waals surface area contributed by atoms with Crippen molar-refractivity contribution in [1.82, 2.24) is 10.2 Å². The zero-order chi connectivity index (χ0) is 9.26. The minimum atomic E-state index is 0.671. The summed E-state index contributed by atoms with van der Waals surface area (Å²) in [5, 5.41) is 3.43. The highest BCUT2D eigenvalue weighted by atomic mass is 15.2. The average Bonchev–Trinajstić information content (AvgIpc) is 2.41. The number of hydrogen-bond donors (Lipinski definition) is 1. The van der Waals surface area contributed by atoms with Crippen LogP contribution in [0.5, 0.6) is 0 Å². The molecule has 2 fully saturated rings. The van der Waals surface area contributed by atoms with E-state index in [1.165, 1.54) is 25.7 Å². The number of fused-ring (bicyclic) bond motifs is 2. The van der Waals surface area contributed by atoms with E-state index < -0.39 is 0 Å². The van der Waals surface area contributed by atoms with Crippen LogP contribution >= 0.6 is 0 Å². The number of piperidine rings is 1. The van der Waals surface area contributed by atoms with Gasteiger partial charge in [0.15, 0.2) is 0 Å². The van der Waals surface area contributed by atoms with Crippen LogP contribution in [0.1, 0.15) is 25.7 Å². The molecule has 1 N–H and O–H groups in total. The molecule has 0 saturated carbocycles. The third-order valence-corrected chi connectivity index (χ3v) is 3.59. The Morgan fingerprint density at radius 3 is 2.54 bits per heavy atom. The molecule has 0 radical (unpaired) electrons. The second-order valence-electron chi connectivity index (χ2n) is 4.30. The quantitative estimate of drug-likeness (QED) is 0.630. The average molecular weight is 178 g/mol. The van der Waals surface area contributed by atoms with Crippen molar-refractivity contribution in [3.63, 3.8) is 0 Å². The van der Waals surface area contributed by atoms with Crippen LogP contribution in [0.4, 0.5) is 0 Å². The van der Waals surface area contributed by atoms with E-state index in [9.17, 15) is 0 Å². The smallest absolute Gasteiger partial charge is 0.0575 e. The predicted molar refractivity (Wildman–Crippen MR) is 54.4 cm³/mol. The molecule has 13 heavy (non-hydrogen) atoms. The molecule has 2 nitrogen and oxygen atoms in total. The molecule has 72 valence electrons. The second kappa shape index (κ2) is 3.69. The third-order valence-electron chi connectivity index (χ3n) is 3.59. The van der Waals surface area contributed by atoms with Gasteiger partial charge in [0.1, 0.15) is 0 Å². The van der Waals surface area contributed by atoms with Crippen LogP contribution < -0.4 is 5.32 Å². The van der Waals surface area contributed by atoms with Gasteiger partial charge in [-0.1, -0.05) is 5.92 Å². The van der Waals surface area contributed by atoms with E-state index >= 15 is 0 Å². The first kappa shape index (κ1) is 9.05. The Morgan fingerprint density at radius 2 is 2.00 bits per heavy atom. The molecule has 2 heterocycles. The molecule has 2 bridgehead atoms. The molecule has 0 amide bonds. The molecular formula is C11H18N2. The lowest BCUT2D eigenvalue weighted by molar-refractivity contribution is 0.151. The van der Waals surface area contributed by atoms with Gasteiger partial charge < -0.3 is 10.2 Å². The summed E-state index contributed by atoms with van der Waals surface area (Å²) in [5.74, 6) is 2.65. The summed E-state index contributed by atoms with van der Waals surface area (Å²) in [5.41, 5.74) is 0. The van der Waals surface area contributed by atoms with Gasteiger partial charge in [-0.25, -0.2) is 0 Å². The monoisotopic (exact) mass is 178 g/mol. The van der Waals surface area contributed by atoms with E-state index in [-0.39, 0.29) is 0 Å². The van der Waals surface area contributed by atoms with Crippen molar-refractivity contribution in [2.24, 2.45) is 0 Å². The van der Waals surface area contributed by atoms with E-state index in [0.717, 1.165) is 18.6 Å². The predicted octanol–water partition coefficient (Wildman–Crippen LogP) is 0.834. The molecule has 0 aromatic heterocycles. The van der Waals surface area contributed by atoms with E-state index in [4.69, 9.17) is 6.42 Å². The second-order valence-corrected chi connectivity index (χ2v) is 4.30. The van der Waals surface area contributed by atoms with Gasteiger partial charge in [-0.3, -0.25) is 0 Å². The maximum absolute atomic E-state index is 5.23. The number of nitrogens with zero attached hydrogens (tertiary/aromatic N) is 1. The largest absolute Gasteiger partial charge is 0.303 e. The lowest BCUT2D eigenvalue weighted by atomic mass is 9.98. The Bertz CT molecular complexity index is 205. The van der Waals surface area contributed by atoms with Gasteiger partial charge in [0.05, 0.1) is 6.54 Å². The first-order valence-corrected chi connectivity index (χ1v) is 5.20. The van der Waals surface area contributed by atoms with Crippen molar-refractivity contribution < 1.29 is 0 Å². The number of rotatable bonds is 2. The molecule has 0 aromatic carbocycles. The summed E-state index contributed by atoms with van der Waals surface area (Å²) in [4.78, 5) is 2.55. The maximum Gasteiger partial charge on any atom is 0.0575 e. The Labute approximate surface area is 80.7 Å². The highest BCUT2D eigenvalue weighted by Gasteiger charge is 2.37. The van der Waals surface area contributed by atoms with Crippen molar-refractivity contribution in [3.8, 4) is 12.3 Å². The van der Waals surface area contributed by atoms with E-state index in [0.29, 0.717) is 6.04 Å². The minimum Gasteiger partial charge on any atom is -0.303 e. The molecular weight excluding hydrogens is 160 g/mol. The van der Waals surface area contributed by atoms with Crippen molar-refractivity contribution >= 4 is 0 Å². The van der Waals surface area contributed by atoms with Crippen LogP contribution in [0.15, 0.2) is 0 Å². The van der Waals surface area contributed by atoms with Crippen LogP contribution in [0.25, 0.3) is 0 Å². The molecule has 2 aliphatic rings. The summed E-state index contributed by atoms with van der Waals surface area (Å²) in [7, 11) is 2.26. The van der Waals surface area contributed by atoms with E-state index in [1.807, 2.05) is 0 Å². The molecule has 2 atom stereocenters. The standard InChI is InChI=1S/C11H18N2/c1-3-6-12-9-7-10-4-5-11(8-9)13(10)2/h1,9-12H,4-8H2,2H3. The normalized spacial score (nSPS) is 38.9. The summed E-state index contributed by atoms with van der Waals surface area (Å²) in [6.07, 6.45) is 10.6.